The van der Waals surface area contributed by atoms with Gasteiger partial charge in [0.05, 0.1) is 0 Å². The molecule has 0 radical (unpaired) electrons. The van der Waals surface area contributed by atoms with Gasteiger partial charge in [0.25, 0.3) is 0 Å². The molecule has 0 saturated heterocycles. The third-order valence-electron chi connectivity index (χ3n) is 3.15. The number of thioether (sulfide) groups is 1. The van der Waals surface area contributed by atoms with Crippen LogP contribution in [0.5, 0.6) is 5.75 Å². The average molecular weight is 281 g/mol. The van der Waals surface area contributed by atoms with E-state index < -0.39 is 12.0 Å². The molecule has 0 spiro atoms. The lowest BCUT2D eigenvalue weighted by Gasteiger charge is -2.11. The van der Waals surface area contributed by atoms with Crippen molar-refractivity contribution >= 4 is 17.7 Å². The molecule has 1 aliphatic heterocycles. The number of nitrogens with two attached hydrogens (primary N) is 1. The SMILES string of the molecule is Cc1ccc2c(c1)CC(CSCCC(N)C(=O)O)O2. The van der Waals surface area contributed by atoms with Crippen LogP contribution in [0.15, 0.2) is 18.2 Å². The van der Waals surface area contributed by atoms with E-state index >= 15 is 0 Å². The van der Waals surface area contributed by atoms with E-state index in [2.05, 4.69) is 19.1 Å². The van der Waals surface area contributed by atoms with Crippen LogP contribution in [0.1, 0.15) is 17.5 Å². The molecule has 0 bridgehead atoms. The topological polar surface area (TPSA) is 72.6 Å². The molecule has 0 aliphatic carbocycles. The smallest absolute Gasteiger partial charge is 0.320 e. The Labute approximate surface area is 117 Å². The number of hydrogen-bond acceptors (Lipinski definition) is 4. The summed E-state index contributed by atoms with van der Waals surface area (Å²) in [7, 11) is 0. The number of carbonyl (C=O) groups is 1. The van der Waals surface area contributed by atoms with Crippen molar-refractivity contribution in [2.24, 2.45) is 5.73 Å². The van der Waals surface area contributed by atoms with E-state index in [-0.39, 0.29) is 6.10 Å². The van der Waals surface area contributed by atoms with Gasteiger partial charge in [0.15, 0.2) is 0 Å². The molecule has 1 aromatic rings. The minimum Gasteiger partial charge on any atom is -0.489 e. The van der Waals surface area contributed by atoms with Gasteiger partial charge in [0, 0.05) is 12.2 Å². The Hall–Kier alpha value is -1.20. The number of hydrogen-bond donors (Lipinski definition) is 2. The number of carboxylic acid groups (broad SMARTS) is 1. The zero-order valence-electron chi connectivity index (χ0n) is 11.0. The van der Waals surface area contributed by atoms with Crippen molar-refractivity contribution in [3.63, 3.8) is 0 Å². The van der Waals surface area contributed by atoms with Crippen molar-refractivity contribution in [1.29, 1.82) is 0 Å². The normalized spacial score (nSPS) is 18.7. The molecule has 4 nitrogen and oxygen atoms in total. The molecule has 5 heteroatoms. The Morgan fingerprint density at radius 2 is 2.42 bits per heavy atom. The minimum absolute atomic E-state index is 0.197. The molecule has 2 unspecified atom stereocenters. The fourth-order valence-corrected chi connectivity index (χ4v) is 3.13. The lowest BCUT2D eigenvalue weighted by Crippen LogP contribution is -2.30. The molecule has 1 aromatic carbocycles. The van der Waals surface area contributed by atoms with Crippen LogP contribution in [0, 0.1) is 6.92 Å². The fourth-order valence-electron chi connectivity index (χ4n) is 2.09. The van der Waals surface area contributed by atoms with Crippen LogP contribution in [-0.4, -0.2) is 34.7 Å². The van der Waals surface area contributed by atoms with Gasteiger partial charge in [-0.1, -0.05) is 17.7 Å². The standard InChI is InChI=1S/C14H19NO3S/c1-9-2-3-13-10(6-9)7-11(18-13)8-19-5-4-12(15)14(16)17/h2-3,6,11-12H,4-5,7-8,15H2,1H3,(H,16,17). The average Bonchev–Trinajstić information content (AvgIpc) is 2.75. The number of aliphatic carboxylic acids is 1. The van der Waals surface area contributed by atoms with Gasteiger partial charge < -0.3 is 15.6 Å². The van der Waals surface area contributed by atoms with Crippen molar-refractivity contribution in [2.45, 2.75) is 31.9 Å². The lowest BCUT2D eigenvalue weighted by molar-refractivity contribution is -0.138. The first-order chi connectivity index (χ1) is 9.06. The van der Waals surface area contributed by atoms with E-state index in [1.165, 1.54) is 11.1 Å². The summed E-state index contributed by atoms with van der Waals surface area (Å²) in [4.78, 5) is 10.6. The maximum atomic E-state index is 10.6. The maximum absolute atomic E-state index is 10.6. The monoisotopic (exact) mass is 281 g/mol. The predicted molar refractivity (Wildman–Crippen MR) is 76.9 cm³/mol. The second-order valence-corrected chi connectivity index (χ2v) is 6.01. The van der Waals surface area contributed by atoms with Gasteiger partial charge in [-0.05, 0) is 30.7 Å². The Morgan fingerprint density at radius 3 is 3.16 bits per heavy atom. The van der Waals surface area contributed by atoms with Crippen LogP contribution in [-0.2, 0) is 11.2 Å². The first kappa shape index (κ1) is 14.2. The molecule has 0 fully saturated rings. The Balaban J connectivity index is 1.71. The number of fused-ring (bicyclic) bond motifs is 1. The lowest BCUT2D eigenvalue weighted by atomic mass is 10.1. The van der Waals surface area contributed by atoms with Crippen molar-refractivity contribution in [1.82, 2.24) is 0 Å². The summed E-state index contributed by atoms with van der Waals surface area (Å²) < 4.78 is 5.85. The van der Waals surface area contributed by atoms with Gasteiger partial charge in [0.2, 0.25) is 0 Å². The molecule has 0 saturated carbocycles. The molecule has 3 N–H and O–H groups in total. The Kier molecular flexibility index (Phi) is 4.71. The quantitative estimate of drug-likeness (QED) is 0.778. The highest BCUT2D eigenvalue weighted by Crippen LogP contribution is 2.30. The summed E-state index contributed by atoms with van der Waals surface area (Å²) in [5, 5.41) is 8.68. The van der Waals surface area contributed by atoms with E-state index in [4.69, 9.17) is 15.6 Å². The number of rotatable bonds is 6. The van der Waals surface area contributed by atoms with Crippen molar-refractivity contribution in [3.8, 4) is 5.75 Å². The van der Waals surface area contributed by atoms with Gasteiger partial charge >= 0.3 is 5.97 Å². The second-order valence-electron chi connectivity index (χ2n) is 4.86. The first-order valence-electron chi connectivity index (χ1n) is 6.38. The van der Waals surface area contributed by atoms with E-state index in [0.717, 1.165) is 23.7 Å². The van der Waals surface area contributed by atoms with Gasteiger partial charge in [0.1, 0.15) is 17.9 Å². The number of benzene rings is 1. The first-order valence-corrected chi connectivity index (χ1v) is 7.54. The van der Waals surface area contributed by atoms with Crippen LogP contribution in [0.25, 0.3) is 0 Å². The van der Waals surface area contributed by atoms with Crippen LogP contribution in [0.2, 0.25) is 0 Å². The van der Waals surface area contributed by atoms with E-state index in [1.807, 2.05) is 6.07 Å². The largest absolute Gasteiger partial charge is 0.489 e. The van der Waals surface area contributed by atoms with Gasteiger partial charge in [-0.25, -0.2) is 0 Å². The number of ether oxygens (including phenoxy) is 1. The van der Waals surface area contributed by atoms with E-state index in [0.29, 0.717) is 6.42 Å². The molecule has 2 atom stereocenters. The zero-order chi connectivity index (χ0) is 13.8. The van der Waals surface area contributed by atoms with E-state index in [9.17, 15) is 4.79 Å². The van der Waals surface area contributed by atoms with Crippen LogP contribution >= 0.6 is 11.8 Å². The summed E-state index contributed by atoms with van der Waals surface area (Å²) in [5.74, 6) is 1.68. The summed E-state index contributed by atoms with van der Waals surface area (Å²) in [6.45, 7) is 2.08. The molecule has 19 heavy (non-hydrogen) atoms. The molecule has 1 aliphatic rings. The number of aryl methyl sites for hydroxylation is 1. The fraction of sp³-hybridized carbons (Fsp3) is 0.500. The summed E-state index contributed by atoms with van der Waals surface area (Å²) in [5.41, 5.74) is 7.98. The summed E-state index contributed by atoms with van der Waals surface area (Å²) in [6, 6.07) is 5.49. The highest BCUT2D eigenvalue weighted by molar-refractivity contribution is 7.99. The van der Waals surface area contributed by atoms with Crippen molar-refractivity contribution in [2.75, 3.05) is 11.5 Å². The third kappa shape index (κ3) is 3.88. The molecule has 0 aromatic heterocycles. The summed E-state index contributed by atoms with van der Waals surface area (Å²) >= 11 is 1.70. The van der Waals surface area contributed by atoms with Crippen LogP contribution in [0.4, 0.5) is 0 Å². The minimum atomic E-state index is -0.930. The predicted octanol–water partition coefficient (Wildman–Crippen LogP) is 1.83. The van der Waals surface area contributed by atoms with Crippen LogP contribution in [0.3, 0.4) is 0 Å². The Bertz CT molecular complexity index is 464. The third-order valence-corrected chi connectivity index (χ3v) is 4.28. The van der Waals surface area contributed by atoms with Crippen molar-refractivity contribution in [3.05, 3.63) is 29.3 Å². The molecular weight excluding hydrogens is 262 g/mol. The van der Waals surface area contributed by atoms with Gasteiger partial charge in [-0.2, -0.15) is 11.8 Å². The Morgan fingerprint density at radius 1 is 1.63 bits per heavy atom. The molecular formula is C14H19NO3S. The van der Waals surface area contributed by atoms with Crippen LogP contribution < -0.4 is 10.5 Å². The zero-order valence-corrected chi connectivity index (χ0v) is 11.8. The molecule has 1 heterocycles. The van der Waals surface area contributed by atoms with Gasteiger partial charge in [-0.15, -0.1) is 0 Å². The highest BCUT2D eigenvalue weighted by Gasteiger charge is 2.22. The maximum Gasteiger partial charge on any atom is 0.320 e. The van der Waals surface area contributed by atoms with E-state index in [1.54, 1.807) is 11.8 Å². The van der Waals surface area contributed by atoms with Gasteiger partial charge in [-0.3, -0.25) is 4.79 Å². The molecule has 2 rings (SSSR count). The van der Waals surface area contributed by atoms with Crippen molar-refractivity contribution < 1.29 is 14.6 Å². The highest BCUT2D eigenvalue weighted by atomic mass is 32.2. The second kappa shape index (κ2) is 6.30. The molecule has 104 valence electrons. The number of carboxylic acids is 1. The molecule has 0 amide bonds. The summed E-state index contributed by atoms with van der Waals surface area (Å²) in [6.07, 6.45) is 1.64.